The molecule has 2 heteroatoms. The molecule has 0 saturated carbocycles. The molecule has 2 nitrogen and oxygen atoms in total. The molecule has 1 amide bonds. The number of nitrogens with zero attached hydrogens (tertiary/aromatic N) is 1. The van der Waals surface area contributed by atoms with E-state index in [0.717, 1.165) is 13.0 Å². The molecule has 0 saturated heterocycles. The maximum absolute atomic E-state index is 11.1. The molecule has 68 valence electrons. The van der Waals surface area contributed by atoms with E-state index < -0.39 is 0 Å². The Labute approximate surface area is 74.6 Å². The topological polar surface area (TPSA) is 20.3 Å². The van der Waals surface area contributed by atoms with Gasteiger partial charge in [-0.05, 0) is 24.6 Å². The highest BCUT2D eigenvalue weighted by molar-refractivity contribution is 5.87. The normalized spacial score (nSPS) is 9.58. The van der Waals surface area contributed by atoms with Gasteiger partial charge in [0, 0.05) is 6.54 Å². The van der Waals surface area contributed by atoms with Crippen LogP contribution in [0.25, 0.3) is 0 Å². The van der Waals surface area contributed by atoms with Crippen LogP contribution in [0, 0.1) is 5.92 Å². The van der Waals surface area contributed by atoms with E-state index in [1.54, 1.807) is 11.1 Å². The quantitative estimate of drug-likeness (QED) is 0.575. The van der Waals surface area contributed by atoms with Gasteiger partial charge in [-0.1, -0.05) is 27.0 Å². The van der Waals surface area contributed by atoms with Crippen molar-refractivity contribution in [3.8, 4) is 0 Å². The highest BCUT2D eigenvalue weighted by atomic mass is 16.2. The van der Waals surface area contributed by atoms with E-state index >= 15 is 0 Å². The van der Waals surface area contributed by atoms with Crippen molar-refractivity contribution < 1.29 is 4.79 Å². The number of carbonyl (C=O) groups is 1. The lowest BCUT2D eigenvalue weighted by Crippen LogP contribution is -2.25. The summed E-state index contributed by atoms with van der Waals surface area (Å²) in [7, 11) is 0. The van der Waals surface area contributed by atoms with Gasteiger partial charge in [-0.3, -0.25) is 4.79 Å². The third-order valence-corrected chi connectivity index (χ3v) is 1.63. The third-order valence-electron chi connectivity index (χ3n) is 1.63. The van der Waals surface area contributed by atoms with Crippen molar-refractivity contribution in [2.24, 2.45) is 5.92 Å². The Bertz CT molecular complexity index is 173. The summed E-state index contributed by atoms with van der Waals surface area (Å²) in [5, 5.41) is 0. The van der Waals surface area contributed by atoms with Crippen molar-refractivity contribution in [3.63, 3.8) is 0 Å². The minimum Gasteiger partial charge on any atom is -0.316 e. The third kappa shape index (κ3) is 3.96. The lowest BCUT2D eigenvalue weighted by atomic mass is 10.1. The maximum Gasteiger partial charge on any atom is 0.249 e. The van der Waals surface area contributed by atoms with E-state index in [1.807, 2.05) is 0 Å². The van der Waals surface area contributed by atoms with Gasteiger partial charge in [0.1, 0.15) is 0 Å². The van der Waals surface area contributed by atoms with Crippen molar-refractivity contribution in [3.05, 3.63) is 25.4 Å². The second-order valence-electron chi connectivity index (χ2n) is 3.10. The van der Waals surface area contributed by atoms with E-state index in [1.165, 1.54) is 6.08 Å². The Hall–Kier alpha value is -1.05. The van der Waals surface area contributed by atoms with E-state index in [4.69, 9.17) is 0 Å². The van der Waals surface area contributed by atoms with Crippen molar-refractivity contribution >= 4 is 5.91 Å². The average Bonchev–Trinajstić information content (AvgIpc) is 2.04. The van der Waals surface area contributed by atoms with Crippen molar-refractivity contribution in [2.45, 2.75) is 20.3 Å². The SMILES string of the molecule is C=CC(=O)N(C=C)CCC(C)C. The van der Waals surface area contributed by atoms with Gasteiger partial charge in [-0.15, -0.1) is 0 Å². The Morgan fingerprint density at radius 3 is 2.42 bits per heavy atom. The van der Waals surface area contributed by atoms with Crippen LogP contribution in [-0.4, -0.2) is 17.4 Å². The smallest absolute Gasteiger partial charge is 0.249 e. The first-order chi connectivity index (χ1) is 5.61. The fraction of sp³-hybridized carbons (Fsp3) is 0.500. The Morgan fingerprint density at radius 2 is 2.08 bits per heavy atom. The second-order valence-corrected chi connectivity index (χ2v) is 3.10. The molecule has 0 aromatic carbocycles. The highest BCUT2D eigenvalue weighted by Gasteiger charge is 2.05. The van der Waals surface area contributed by atoms with Crippen LogP contribution in [0.5, 0.6) is 0 Å². The van der Waals surface area contributed by atoms with Gasteiger partial charge in [-0.25, -0.2) is 0 Å². The van der Waals surface area contributed by atoms with Crippen LogP contribution in [0.1, 0.15) is 20.3 Å². The number of hydrogen-bond acceptors (Lipinski definition) is 1. The molecular weight excluding hydrogens is 150 g/mol. The van der Waals surface area contributed by atoms with Crippen molar-refractivity contribution in [1.29, 1.82) is 0 Å². The molecule has 0 aliphatic rings. The number of hydrogen-bond donors (Lipinski definition) is 0. The molecule has 0 fully saturated rings. The first kappa shape index (κ1) is 11.0. The van der Waals surface area contributed by atoms with Gasteiger partial charge in [0.05, 0.1) is 0 Å². The fourth-order valence-electron chi connectivity index (χ4n) is 0.806. The first-order valence-electron chi connectivity index (χ1n) is 4.17. The zero-order chi connectivity index (χ0) is 9.56. The standard InChI is InChI=1S/C10H17NO/c1-5-10(12)11(6-2)8-7-9(3)4/h5-6,9H,1-2,7-8H2,3-4H3. The summed E-state index contributed by atoms with van der Waals surface area (Å²) in [6.45, 7) is 12.0. The molecule has 0 aliphatic carbocycles. The molecule has 0 bridgehead atoms. The van der Waals surface area contributed by atoms with E-state index in [2.05, 4.69) is 27.0 Å². The van der Waals surface area contributed by atoms with E-state index in [9.17, 15) is 4.79 Å². The van der Waals surface area contributed by atoms with Gasteiger partial charge >= 0.3 is 0 Å². The predicted molar refractivity (Wildman–Crippen MR) is 51.6 cm³/mol. The summed E-state index contributed by atoms with van der Waals surface area (Å²) >= 11 is 0. The summed E-state index contributed by atoms with van der Waals surface area (Å²) in [4.78, 5) is 12.7. The highest BCUT2D eigenvalue weighted by Crippen LogP contribution is 2.02. The fourth-order valence-corrected chi connectivity index (χ4v) is 0.806. The van der Waals surface area contributed by atoms with Crippen LogP contribution < -0.4 is 0 Å². The molecular formula is C10H17NO. The molecule has 0 spiro atoms. The minimum atomic E-state index is -0.0781. The van der Waals surface area contributed by atoms with Gasteiger partial charge < -0.3 is 4.90 Å². The monoisotopic (exact) mass is 167 g/mol. The molecule has 0 radical (unpaired) electrons. The Kier molecular flexibility index (Phi) is 5.09. The molecule has 0 atom stereocenters. The second kappa shape index (κ2) is 5.58. The van der Waals surface area contributed by atoms with E-state index in [-0.39, 0.29) is 5.91 Å². The summed E-state index contributed by atoms with van der Waals surface area (Å²) in [6, 6.07) is 0. The molecule has 0 heterocycles. The van der Waals surface area contributed by atoms with Crippen LogP contribution in [0.2, 0.25) is 0 Å². The zero-order valence-electron chi connectivity index (χ0n) is 7.92. The molecule has 0 rings (SSSR count). The maximum atomic E-state index is 11.1. The minimum absolute atomic E-state index is 0.0781. The molecule has 0 aromatic heterocycles. The van der Waals surface area contributed by atoms with Gasteiger partial charge in [-0.2, -0.15) is 0 Å². The van der Waals surface area contributed by atoms with Crippen LogP contribution in [0.3, 0.4) is 0 Å². The first-order valence-corrected chi connectivity index (χ1v) is 4.17. The summed E-state index contributed by atoms with van der Waals surface area (Å²) in [6.07, 6.45) is 3.85. The van der Waals surface area contributed by atoms with Gasteiger partial charge in [0.25, 0.3) is 0 Å². The lowest BCUT2D eigenvalue weighted by Gasteiger charge is -2.16. The van der Waals surface area contributed by atoms with Gasteiger partial charge in [0.15, 0.2) is 0 Å². The Morgan fingerprint density at radius 1 is 1.50 bits per heavy atom. The molecule has 0 aliphatic heterocycles. The molecule has 12 heavy (non-hydrogen) atoms. The van der Waals surface area contributed by atoms with Crippen molar-refractivity contribution in [1.82, 2.24) is 4.90 Å². The summed E-state index contributed by atoms with van der Waals surface area (Å²) in [5.74, 6) is 0.524. The lowest BCUT2D eigenvalue weighted by molar-refractivity contribution is -0.123. The van der Waals surface area contributed by atoms with Crippen LogP contribution >= 0.6 is 0 Å². The van der Waals surface area contributed by atoms with Gasteiger partial charge in [0.2, 0.25) is 5.91 Å². The molecule has 0 unspecified atom stereocenters. The number of amides is 1. The summed E-state index contributed by atoms with van der Waals surface area (Å²) in [5.41, 5.74) is 0. The summed E-state index contributed by atoms with van der Waals surface area (Å²) < 4.78 is 0. The van der Waals surface area contributed by atoms with Crippen LogP contribution in [-0.2, 0) is 4.79 Å². The van der Waals surface area contributed by atoms with Crippen LogP contribution in [0.15, 0.2) is 25.4 Å². The number of rotatable bonds is 5. The average molecular weight is 167 g/mol. The molecule has 0 aromatic rings. The van der Waals surface area contributed by atoms with E-state index in [0.29, 0.717) is 5.92 Å². The molecule has 0 N–H and O–H groups in total. The van der Waals surface area contributed by atoms with Crippen molar-refractivity contribution in [2.75, 3.05) is 6.54 Å². The zero-order valence-corrected chi connectivity index (χ0v) is 7.92. The number of carbonyl (C=O) groups excluding carboxylic acids is 1. The Balaban J connectivity index is 3.91. The predicted octanol–water partition coefficient (Wildman–Crippen LogP) is 2.19. The van der Waals surface area contributed by atoms with Crippen LogP contribution in [0.4, 0.5) is 0 Å². The largest absolute Gasteiger partial charge is 0.316 e.